The number of hydrogen-bond acceptors (Lipinski definition) is 8. The van der Waals surface area contributed by atoms with Crippen LogP contribution in [0.5, 0.6) is 0 Å². The van der Waals surface area contributed by atoms with Crippen LogP contribution in [-0.4, -0.2) is 88.8 Å². The van der Waals surface area contributed by atoms with Crippen LogP contribution in [0.4, 0.5) is 0 Å². The second kappa shape index (κ2) is 19.9. The third kappa shape index (κ3) is 14.0. The summed E-state index contributed by atoms with van der Waals surface area (Å²) in [5.41, 5.74) is 0. The Morgan fingerprint density at radius 1 is 0.697 bits per heavy atom. The number of rotatable bonds is 21. The predicted octanol–water partition coefficient (Wildman–Crippen LogP) is 2.66. The molecular formula is C25H50O8. The van der Waals surface area contributed by atoms with Crippen molar-refractivity contribution in [3.63, 3.8) is 0 Å². The molecule has 1 unspecified atom stereocenters. The van der Waals surface area contributed by atoms with Crippen LogP contribution in [-0.2, 0) is 14.2 Å². The molecule has 0 radical (unpaired) electrons. The maximum Gasteiger partial charge on any atom is 0.186 e. The molecule has 0 bridgehead atoms. The van der Waals surface area contributed by atoms with E-state index >= 15 is 0 Å². The molecule has 0 saturated carbocycles. The zero-order valence-electron chi connectivity index (χ0n) is 20.7. The molecule has 8 heteroatoms. The Bertz CT molecular complexity index is 437. The van der Waals surface area contributed by atoms with Gasteiger partial charge in [-0.2, -0.15) is 0 Å². The van der Waals surface area contributed by atoms with Crippen molar-refractivity contribution in [2.75, 3.05) is 26.4 Å². The Hall–Kier alpha value is -0.320. The molecule has 1 rings (SSSR count). The van der Waals surface area contributed by atoms with E-state index in [1.807, 2.05) is 0 Å². The van der Waals surface area contributed by atoms with E-state index in [0.717, 1.165) is 12.8 Å². The molecule has 0 spiro atoms. The molecule has 1 aliphatic heterocycles. The van der Waals surface area contributed by atoms with E-state index in [9.17, 15) is 20.4 Å². The van der Waals surface area contributed by atoms with E-state index in [-0.39, 0.29) is 13.2 Å². The molecule has 1 heterocycles. The summed E-state index contributed by atoms with van der Waals surface area (Å²) in [4.78, 5) is 0. The van der Waals surface area contributed by atoms with E-state index in [1.165, 1.54) is 77.0 Å². The number of unbranched alkanes of at least 4 members (excludes halogenated alkanes) is 13. The predicted molar refractivity (Wildman–Crippen MR) is 127 cm³/mol. The van der Waals surface area contributed by atoms with Crippen molar-refractivity contribution in [1.82, 2.24) is 0 Å². The number of aliphatic hydroxyl groups excluding tert-OH is 5. The quantitative estimate of drug-likeness (QED) is 0.159. The minimum atomic E-state index is -1.49. The minimum absolute atomic E-state index is 0.107. The van der Waals surface area contributed by atoms with Crippen molar-refractivity contribution < 1.29 is 39.7 Å². The first-order valence-electron chi connectivity index (χ1n) is 13.2. The summed E-state index contributed by atoms with van der Waals surface area (Å²) in [5.74, 6) is 0. The van der Waals surface area contributed by atoms with Gasteiger partial charge in [-0.25, -0.2) is 0 Å². The van der Waals surface area contributed by atoms with Gasteiger partial charge in [0.2, 0.25) is 0 Å². The lowest BCUT2D eigenvalue weighted by atomic mass is 9.99. The van der Waals surface area contributed by atoms with Crippen molar-refractivity contribution in [2.24, 2.45) is 0 Å². The molecule has 0 amide bonds. The maximum absolute atomic E-state index is 9.97. The van der Waals surface area contributed by atoms with E-state index in [0.29, 0.717) is 6.61 Å². The first kappa shape index (κ1) is 30.7. The molecule has 0 aromatic carbocycles. The second-order valence-electron chi connectivity index (χ2n) is 9.36. The van der Waals surface area contributed by atoms with Gasteiger partial charge in [0.1, 0.15) is 30.5 Å². The molecular weight excluding hydrogens is 428 g/mol. The first-order valence-corrected chi connectivity index (χ1v) is 13.2. The van der Waals surface area contributed by atoms with Gasteiger partial charge in [0, 0.05) is 6.61 Å². The topological polar surface area (TPSA) is 129 Å². The van der Waals surface area contributed by atoms with Crippen LogP contribution < -0.4 is 0 Å². The van der Waals surface area contributed by atoms with Crippen LogP contribution in [0.15, 0.2) is 0 Å². The van der Waals surface area contributed by atoms with Crippen molar-refractivity contribution in [2.45, 2.75) is 134 Å². The fourth-order valence-electron chi connectivity index (χ4n) is 4.08. The first-order chi connectivity index (χ1) is 16.0. The molecule has 198 valence electrons. The van der Waals surface area contributed by atoms with Gasteiger partial charge in [-0.3, -0.25) is 0 Å². The molecule has 8 nitrogen and oxygen atoms in total. The Labute approximate surface area is 200 Å². The smallest absolute Gasteiger partial charge is 0.186 e. The Morgan fingerprint density at radius 2 is 1.21 bits per heavy atom. The fourth-order valence-corrected chi connectivity index (χ4v) is 4.08. The maximum atomic E-state index is 9.97. The van der Waals surface area contributed by atoms with Crippen LogP contribution in [0.2, 0.25) is 0 Å². The average Bonchev–Trinajstić information content (AvgIpc) is 2.82. The largest absolute Gasteiger partial charge is 0.394 e. The summed E-state index contributed by atoms with van der Waals surface area (Å²) >= 11 is 0. The monoisotopic (exact) mass is 478 g/mol. The molecule has 0 aliphatic carbocycles. The lowest BCUT2D eigenvalue weighted by molar-refractivity contribution is -0.305. The van der Waals surface area contributed by atoms with E-state index in [4.69, 9.17) is 19.3 Å². The SMILES string of the molecule is CCCCCCCCCCCCCCCCOCC(O)CO[C@@H]1O[C@H](CO)[C@H](O)[C@H](O)[C@H]1O. The van der Waals surface area contributed by atoms with Crippen LogP contribution in [0, 0.1) is 0 Å². The second-order valence-corrected chi connectivity index (χ2v) is 9.36. The molecule has 5 N–H and O–H groups in total. The minimum Gasteiger partial charge on any atom is -0.394 e. The molecule has 6 atom stereocenters. The van der Waals surface area contributed by atoms with Gasteiger partial charge in [-0.05, 0) is 6.42 Å². The lowest BCUT2D eigenvalue weighted by Gasteiger charge is -2.39. The van der Waals surface area contributed by atoms with Gasteiger partial charge in [-0.1, -0.05) is 90.4 Å². The molecule has 1 aliphatic rings. The third-order valence-electron chi connectivity index (χ3n) is 6.25. The molecule has 0 aromatic heterocycles. The highest BCUT2D eigenvalue weighted by molar-refractivity contribution is 4.88. The van der Waals surface area contributed by atoms with Gasteiger partial charge in [0.05, 0.1) is 19.8 Å². The van der Waals surface area contributed by atoms with Crippen LogP contribution in [0.1, 0.15) is 96.8 Å². The number of ether oxygens (including phenoxy) is 3. The van der Waals surface area contributed by atoms with E-state index < -0.39 is 43.4 Å². The van der Waals surface area contributed by atoms with Crippen LogP contribution in [0.3, 0.4) is 0 Å². The van der Waals surface area contributed by atoms with Crippen LogP contribution in [0.25, 0.3) is 0 Å². The molecule has 1 saturated heterocycles. The summed E-state index contributed by atoms with van der Waals surface area (Å²) in [6.07, 6.45) is 10.7. The molecule has 1 fully saturated rings. The van der Waals surface area contributed by atoms with Gasteiger partial charge < -0.3 is 39.7 Å². The van der Waals surface area contributed by atoms with E-state index in [2.05, 4.69) is 6.92 Å². The number of aliphatic hydroxyl groups is 5. The Kier molecular flexibility index (Phi) is 18.5. The zero-order valence-corrected chi connectivity index (χ0v) is 20.7. The number of hydrogen-bond donors (Lipinski definition) is 5. The van der Waals surface area contributed by atoms with Gasteiger partial charge >= 0.3 is 0 Å². The summed E-state index contributed by atoms with van der Waals surface area (Å²) in [6, 6.07) is 0. The molecule has 33 heavy (non-hydrogen) atoms. The van der Waals surface area contributed by atoms with Gasteiger partial charge in [0.25, 0.3) is 0 Å². The van der Waals surface area contributed by atoms with Crippen molar-refractivity contribution >= 4 is 0 Å². The Balaban J connectivity index is 1.90. The highest BCUT2D eigenvalue weighted by Gasteiger charge is 2.44. The zero-order chi connectivity index (χ0) is 24.3. The Morgan fingerprint density at radius 3 is 1.73 bits per heavy atom. The summed E-state index contributed by atoms with van der Waals surface area (Å²) in [7, 11) is 0. The summed E-state index contributed by atoms with van der Waals surface area (Å²) in [5, 5.41) is 48.5. The highest BCUT2D eigenvalue weighted by atomic mass is 16.7. The van der Waals surface area contributed by atoms with Gasteiger partial charge in [0.15, 0.2) is 6.29 Å². The summed E-state index contributed by atoms with van der Waals surface area (Å²) < 4.78 is 16.0. The van der Waals surface area contributed by atoms with E-state index in [1.54, 1.807) is 0 Å². The van der Waals surface area contributed by atoms with Crippen LogP contribution >= 0.6 is 0 Å². The third-order valence-corrected chi connectivity index (χ3v) is 6.25. The fraction of sp³-hybridized carbons (Fsp3) is 1.00. The standard InChI is InChI=1S/C25H50O8/c1-2-3-4-5-6-7-8-9-10-11-12-13-14-15-16-31-18-20(27)19-32-25-24(30)23(29)22(28)21(17-26)33-25/h20-30H,2-19H2,1H3/t20?,21-,22+,23+,24-,25-/m1/s1. The molecule has 0 aromatic rings. The van der Waals surface area contributed by atoms with Crippen molar-refractivity contribution in [3.8, 4) is 0 Å². The van der Waals surface area contributed by atoms with Crippen molar-refractivity contribution in [1.29, 1.82) is 0 Å². The summed E-state index contributed by atoms with van der Waals surface area (Å²) in [6.45, 7) is 2.27. The highest BCUT2D eigenvalue weighted by Crippen LogP contribution is 2.22. The van der Waals surface area contributed by atoms with Crippen molar-refractivity contribution in [3.05, 3.63) is 0 Å². The lowest BCUT2D eigenvalue weighted by Crippen LogP contribution is -2.59. The normalized spacial score (nSPS) is 26.5. The average molecular weight is 479 g/mol. The van der Waals surface area contributed by atoms with Gasteiger partial charge in [-0.15, -0.1) is 0 Å².